The minimum Gasteiger partial charge on any atom is -0.455 e. The first-order valence-corrected chi connectivity index (χ1v) is 19.2. The topological polar surface area (TPSA) is 51.8 Å². The standard InChI is InChI=1S/C53H33N3O/c1-3-16-35(17-4-1)40-21-9-11-23-42(40)43-24-12-10-22-41(43)38-29-30-45-47-33-48(44-25-13-14-26-46(44)50(47)57-49(45)32-38)53-55-51(36-18-5-2-6-19-36)54-52(56-53)39-28-27-34-15-7-8-20-37(34)31-39/h1-33H. The van der Waals surface area contributed by atoms with Gasteiger partial charge in [0, 0.05) is 32.8 Å². The fourth-order valence-corrected chi connectivity index (χ4v) is 8.18. The zero-order valence-electron chi connectivity index (χ0n) is 30.8. The van der Waals surface area contributed by atoms with Crippen molar-refractivity contribution in [3.8, 4) is 67.5 Å². The van der Waals surface area contributed by atoms with E-state index in [0.29, 0.717) is 17.5 Å². The molecular weight excluding hydrogens is 695 g/mol. The van der Waals surface area contributed by atoms with Crippen molar-refractivity contribution >= 4 is 43.5 Å². The van der Waals surface area contributed by atoms with Crippen LogP contribution in [-0.2, 0) is 0 Å². The van der Waals surface area contributed by atoms with Gasteiger partial charge >= 0.3 is 0 Å². The summed E-state index contributed by atoms with van der Waals surface area (Å²) in [6, 6.07) is 69.9. The van der Waals surface area contributed by atoms with E-state index in [1.807, 2.05) is 30.3 Å². The van der Waals surface area contributed by atoms with Crippen LogP contribution >= 0.6 is 0 Å². The quantitative estimate of drug-likeness (QED) is 0.171. The number of benzene rings is 9. The highest BCUT2D eigenvalue weighted by molar-refractivity contribution is 6.19. The summed E-state index contributed by atoms with van der Waals surface area (Å²) in [7, 11) is 0. The highest BCUT2D eigenvalue weighted by atomic mass is 16.3. The molecule has 11 rings (SSSR count). The Bertz CT molecular complexity index is 3300. The van der Waals surface area contributed by atoms with Crippen LogP contribution in [0.2, 0.25) is 0 Å². The highest BCUT2D eigenvalue weighted by Crippen LogP contribution is 2.43. The number of nitrogens with zero attached hydrogens (tertiary/aromatic N) is 3. The number of hydrogen-bond donors (Lipinski definition) is 0. The van der Waals surface area contributed by atoms with E-state index >= 15 is 0 Å². The molecule has 0 spiro atoms. The molecule has 0 saturated carbocycles. The van der Waals surface area contributed by atoms with Gasteiger partial charge in [-0.3, -0.25) is 0 Å². The molecule has 2 aromatic heterocycles. The van der Waals surface area contributed by atoms with E-state index in [1.165, 1.54) is 27.6 Å². The summed E-state index contributed by atoms with van der Waals surface area (Å²) in [5.74, 6) is 1.87. The first-order valence-electron chi connectivity index (χ1n) is 19.2. The van der Waals surface area contributed by atoms with Gasteiger partial charge in [-0.15, -0.1) is 0 Å². The second-order valence-corrected chi connectivity index (χ2v) is 14.4. The average molecular weight is 728 g/mol. The molecule has 0 aliphatic carbocycles. The average Bonchev–Trinajstić information content (AvgIpc) is 3.67. The maximum Gasteiger partial charge on any atom is 0.164 e. The van der Waals surface area contributed by atoms with Crippen LogP contribution in [0.1, 0.15) is 0 Å². The maximum absolute atomic E-state index is 6.83. The Morgan fingerprint density at radius 3 is 1.56 bits per heavy atom. The maximum atomic E-state index is 6.83. The first-order chi connectivity index (χ1) is 28.2. The molecule has 2 heterocycles. The summed E-state index contributed by atoms with van der Waals surface area (Å²) >= 11 is 0. The van der Waals surface area contributed by atoms with Crippen LogP contribution in [0.15, 0.2) is 205 Å². The van der Waals surface area contributed by atoms with Crippen LogP contribution in [0, 0.1) is 0 Å². The van der Waals surface area contributed by atoms with Gasteiger partial charge in [-0.2, -0.15) is 0 Å². The number of furan rings is 1. The lowest BCUT2D eigenvalue weighted by molar-refractivity contribution is 0.673. The van der Waals surface area contributed by atoms with Crippen LogP contribution in [0.4, 0.5) is 0 Å². The predicted molar refractivity (Wildman–Crippen MR) is 235 cm³/mol. The lowest BCUT2D eigenvalue weighted by Crippen LogP contribution is -2.00. The molecule has 57 heavy (non-hydrogen) atoms. The molecule has 4 heteroatoms. The van der Waals surface area contributed by atoms with Crippen molar-refractivity contribution in [2.45, 2.75) is 0 Å². The van der Waals surface area contributed by atoms with Crippen molar-refractivity contribution in [2.75, 3.05) is 0 Å². The van der Waals surface area contributed by atoms with E-state index < -0.39 is 0 Å². The van der Waals surface area contributed by atoms with Crippen molar-refractivity contribution in [3.05, 3.63) is 200 Å². The Balaban J connectivity index is 1.09. The third kappa shape index (κ3) is 5.74. The van der Waals surface area contributed by atoms with Crippen LogP contribution in [0.5, 0.6) is 0 Å². The Kier molecular flexibility index (Phi) is 7.78. The molecule has 9 aromatic carbocycles. The smallest absolute Gasteiger partial charge is 0.164 e. The molecule has 0 amide bonds. The van der Waals surface area contributed by atoms with Crippen LogP contribution in [0.3, 0.4) is 0 Å². The van der Waals surface area contributed by atoms with Gasteiger partial charge in [0.15, 0.2) is 17.5 Å². The molecule has 0 saturated heterocycles. The molecule has 0 atom stereocenters. The van der Waals surface area contributed by atoms with Gasteiger partial charge in [0.05, 0.1) is 0 Å². The Labute approximate surface area is 329 Å². The summed E-state index contributed by atoms with van der Waals surface area (Å²) in [5, 5.41) is 6.38. The lowest BCUT2D eigenvalue weighted by atomic mass is 9.89. The minimum atomic E-state index is 0.613. The molecule has 0 unspecified atom stereocenters. The summed E-state index contributed by atoms with van der Waals surface area (Å²) in [6.07, 6.45) is 0. The third-order valence-electron chi connectivity index (χ3n) is 10.9. The number of aromatic nitrogens is 3. The molecule has 266 valence electrons. The van der Waals surface area contributed by atoms with Crippen molar-refractivity contribution in [3.63, 3.8) is 0 Å². The minimum absolute atomic E-state index is 0.613. The molecule has 0 N–H and O–H groups in total. The van der Waals surface area contributed by atoms with Gasteiger partial charge < -0.3 is 4.42 Å². The zero-order valence-corrected chi connectivity index (χ0v) is 30.8. The first kappa shape index (κ1) is 32.7. The van der Waals surface area contributed by atoms with Gasteiger partial charge in [0.1, 0.15) is 11.2 Å². The van der Waals surface area contributed by atoms with E-state index in [9.17, 15) is 0 Å². The number of rotatable bonds is 6. The second-order valence-electron chi connectivity index (χ2n) is 14.4. The molecule has 11 aromatic rings. The van der Waals surface area contributed by atoms with Crippen molar-refractivity contribution < 1.29 is 4.42 Å². The highest BCUT2D eigenvalue weighted by Gasteiger charge is 2.20. The van der Waals surface area contributed by atoms with E-state index in [-0.39, 0.29) is 0 Å². The molecule has 4 nitrogen and oxygen atoms in total. The molecule has 0 fully saturated rings. The third-order valence-corrected chi connectivity index (χ3v) is 10.9. The lowest BCUT2D eigenvalue weighted by Gasteiger charge is -2.14. The van der Waals surface area contributed by atoms with Crippen molar-refractivity contribution in [1.82, 2.24) is 15.0 Å². The Morgan fingerprint density at radius 2 is 0.825 bits per heavy atom. The molecule has 0 radical (unpaired) electrons. The Morgan fingerprint density at radius 1 is 0.281 bits per heavy atom. The van der Waals surface area contributed by atoms with Gasteiger partial charge in [0.2, 0.25) is 0 Å². The molecule has 0 bridgehead atoms. The predicted octanol–water partition coefficient (Wildman–Crippen LogP) is 14.1. The van der Waals surface area contributed by atoms with Crippen molar-refractivity contribution in [2.24, 2.45) is 0 Å². The summed E-state index contributed by atoms with van der Waals surface area (Å²) in [6.45, 7) is 0. The van der Waals surface area contributed by atoms with Gasteiger partial charge in [0.25, 0.3) is 0 Å². The van der Waals surface area contributed by atoms with Gasteiger partial charge in [-0.25, -0.2) is 15.0 Å². The zero-order chi connectivity index (χ0) is 37.7. The van der Waals surface area contributed by atoms with E-state index in [0.717, 1.165) is 65.9 Å². The fourth-order valence-electron chi connectivity index (χ4n) is 8.18. The summed E-state index contributed by atoms with van der Waals surface area (Å²) < 4.78 is 6.83. The second kappa shape index (κ2) is 13.6. The molecular formula is C53H33N3O. The summed E-state index contributed by atoms with van der Waals surface area (Å²) in [4.78, 5) is 15.4. The largest absolute Gasteiger partial charge is 0.455 e. The Hall–Kier alpha value is -7.69. The SMILES string of the molecule is c1ccc(-c2nc(-c3ccc4ccccc4c3)nc(-c3cc4c5ccc(-c6ccccc6-c6ccccc6-c6ccccc6)cc5oc4c4ccccc34)n2)cc1. The summed E-state index contributed by atoms with van der Waals surface area (Å²) in [5.41, 5.74) is 11.5. The van der Waals surface area contributed by atoms with Gasteiger partial charge in [-0.1, -0.05) is 176 Å². The van der Waals surface area contributed by atoms with Gasteiger partial charge in [-0.05, 0) is 73.8 Å². The fraction of sp³-hybridized carbons (Fsp3) is 0. The van der Waals surface area contributed by atoms with Crippen LogP contribution < -0.4 is 0 Å². The number of hydrogen-bond acceptors (Lipinski definition) is 4. The van der Waals surface area contributed by atoms with E-state index in [1.54, 1.807) is 0 Å². The van der Waals surface area contributed by atoms with Crippen molar-refractivity contribution in [1.29, 1.82) is 0 Å². The van der Waals surface area contributed by atoms with E-state index in [2.05, 4.69) is 170 Å². The monoisotopic (exact) mass is 727 g/mol. The van der Waals surface area contributed by atoms with Crippen LogP contribution in [-0.4, -0.2) is 15.0 Å². The molecule has 0 aliphatic heterocycles. The normalized spacial score (nSPS) is 11.5. The number of fused-ring (bicyclic) bond motifs is 6. The van der Waals surface area contributed by atoms with E-state index in [4.69, 9.17) is 19.4 Å². The molecule has 0 aliphatic rings. The van der Waals surface area contributed by atoms with Crippen LogP contribution in [0.25, 0.3) is 111 Å².